The number of rotatable bonds is 3. The van der Waals surface area contributed by atoms with Gasteiger partial charge in [0.1, 0.15) is 5.70 Å². The maximum Gasteiger partial charge on any atom is 0.353 e. The zero-order chi connectivity index (χ0) is 14.7. The number of carboxylic acid groups (broad SMARTS) is 1. The Labute approximate surface area is 114 Å². The van der Waals surface area contributed by atoms with Gasteiger partial charge in [-0.3, -0.25) is 9.59 Å². The number of nitrogens with zero attached hydrogens (tertiary/aromatic N) is 2. The lowest BCUT2D eigenvalue weighted by Crippen LogP contribution is -2.32. The van der Waals surface area contributed by atoms with Gasteiger partial charge in [0.2, 0.25) is 11.8 Å². The molecular formula is C14H10N2O4. The molecule has 6 heteroatoms. The van der Waals surface area contributed by atoms with Gasteiger partial charge in [-0.25, -0.2) is 9.69 Å². The van der Waals surface area contributed by atoms with Crippen molar-refractivity contribution in [2.24, 2.45) is 0 Å². The highest BCUT2D eigenvalue weighted by molar-refractivity contribution is 6.10. The number of aliphatic carboxylic acids is 1. The summed E-state index contributed by atoms with van der Waals surface area (Å²) >= 11 is 0. The molecule has 1 aliphatic heterocycles. The van der Waals surface area contributed by atoms with E-state index in [2.05, 4.69) is 0 Å². The van der Waals surface area contributed by atoms with Gasteiger partial charge >= 0.3 is 5.97 Å². The van der Waals surface area contributed by atoms with Crippen molar-refractivity contribution in [2.75, 3.05) is 0 Å². The van der Waals surface area contributed by atoms with E-state index < -0.39 is 17.8 Å². The number of likely N-dealkylation sites (tertiary alicyclic amines) is 1. The third-order valence-electron chi connectivity index (χ3n) is 2.85. The third-order valence-corrected chi connectivity index (χ3v) is 2.85. The van der Waals surface area contributed by atoms with Crippen LogP contribution >= 0.6 is 0 Å². The Bertz CT molecular complexity index is 637. The minimum atomic E-state index is -1.35. The van der Waals surface area contributed by atoms with Crippen molar-refractivity contribution in [3.05, 3.63) is 41.1 Å². The van der Waals surface area contributed by atoms with Gasteiger partial charge < -0.3 is 5.11 Å². The van der Waals surface area contributed by atoms with E-state index >= 15 is 0 Å². The molecule has 1 N–H and O–H groups in total. The monoisotopic (exact) mass is 270 g/mol. The van der Waals surface area contributed by atoms with Gasteiger partial charge in [0.05, 0.1) is 11.6 Å². The molecule has 1 aliphatic rings. The summed E-state index contributed by atoms with van der Waals surface area (Å²) in [4.78, 5) is 35.1. The molecule has 0 spiro atoms. The van der Waals surface area contributed by atoms with Crippen molar-refractivity contribution in [1.82, 2.24) is 4.90 Å². The standard InChI is InChI=1S/C14H10N2O4/c15-8-10-3-1-9(2-4-10)7-11(14(19)20)16-12(17)5-6-13(16)18/h1-4,7H,5-6H2,(H,19,20). The van der Waals surface area contributed by atoms with E-state index in [4.69, 9.17) is 10.4 Å². The number of carbonyl (C=O) groups excluding carboxylic acids is 2. The van der Waals surface area contributed by atoms with Crippen LogP contribution in [0.1, 0.15) is 24.0 Å². The van der Waals surface area contributed by atoms with Gasteiger partial charge in [-0.05, 0) is 23.8 Å². The summed E-state index contributed by atoms with van der Waals surface area (Å²) in [6, 6.07) is 8.09. The molecule has 0 unspecified atom stereocenters. The third kappa shape index (κ3) is 2.57. The molecule has 100 valence electrons. The van der Waals surface area contributed by atoms with Crippen molar-refractivity contribution < 1.29 is 19.5 Å². The molecule has 6 nitrogen and oxygen atoms in total. The molecular weight excluding hydrogens is 260 g/mol. The molecule has 0 bridgehead atoms. The Kier molecular flexibility index (Phi) is 3.62. The lowest BCUT2D eigenvalue weighted by Gasteiger charge is -2.14. The maximum atomic E-state index is 11.6. The van der Waals surface area contributed by atoms with Gasteiger partial charge in [-0.2, -0.15) is 5.26 Å². The number of carbonyl (C=O) groups is 3. The number of amides is 2. The summed E-state index contributed by atoms with van der Waals surface area (Å²) in [6.45, 7) is 0. The van der Waals surface area contributed by atoms with Crippen LogP contribution in [0.4, 0.5) is 0 Å². The van der Waals surface area contributed by atoms with Crippen LogP contribution in [0.25, 0.3) is 6.08 Å². The van der Waals surface area contributed by atoms with E-state index in [0.29, 0.717) is 16.0 Å². The van der Waals surface area contributed by atoms with Crippen molar-refractivity contribution >= 4 is 23.9 Å². The second kappa shape index (κ2) is 5.36. The molecule has 0 aliphatic carbocycles. The fourth-order valence-corrected chi connectivity index (χ4v) is 1.88. The molecule has 1 fully saturated rings. The van der Waals surface area contributed by atoms with Gasteiger partial charge in [-0.1, -0.05) is 12.1 Å². The average Bonchev–Trinajstić information content (AvgIpc) is 2.76. The van der Waals surface area contributed by atoms with Crippen LogP contribution in [0.3, 0.4) is 0 Å². The first-order valence-electron chi connectivity index (χ1n) is 5.84. The SMILES string of the molecule is N#Cc1ccc(C=C(C(=O)O)N2C(=O)CCC2=O)cc1. The van der Waals surface area contributed by atoms with Gasteiger partial charge in [0, 0.05) is 12.8 Å². The topological polar surface area (TPSA) is 98.5 Å². The quantitative estimate of drug-likeness (QED) is 0.655. The van der Waals surface area contributed by atoms with E-state index in [0.717, 1.165) is 0 Å². The fourth-order valence-electron chi connectivity index (χ4n) is 1.88. The molecule has 20 heavy (non-hydrogen) atoms. The van der Waals surface area contributed by atoms with Crippen LogP contribution in [0, 0.1) is 11.3 Å². The first kappa shape index (κ1) is 13.5. The Morgan fingerprint density at radius 1 is 1.20 bits per heavy atom. The van der Waals surface area contributed by atoms with Gasteiger partial charge in [-0.15, -0.1) is 0 Å². The normalized spacial score (nSPS) is 15.3. The van der Waals surface area contributed by atoms with E-state index in [1.807, 2.05) is 6.07 Å². The number of hydrogen-bond acceptors (Lipinski definition) is 4. The van der Waals surface area contributed by atoms with Crippen molar-refractivity contribution in [3.63, 3.8) is 0 Å². The first-order valence-corrected chi connectivity index (χ1v) is 5.84. The van der Waals surface area contributed by atoms with E-state index in [-0.39, 0.29) is 18.5 Å². The van der Waals surface area contributed by atoms with Crippen LogP contribution < -0.4 is 0 Å². The highest BCUT2D eigenvalue weighted by atomic mass is 16.4. The second-order valence-corrected chi connectivity index (χ2v) is 4.19. The summed E-state index contributed by atoms with van der Waals surface area (Å²) in [6.07, 6.45) is 1.29. The lowest BCUT2D eigenvalue weighted by atomic mass is 10.1. The number of hydrogen-bond donors (Lipinski definition) is 1. The Morgan fingerprint density at radius 3 is 2.20 bits per heavy atom. The maximum absolute atomic E-state index is 11.6. The minimum Gasteiger partial charge on any atom is -0.477 e. The molecule has 0 saturated carbocycles. The highest BCUT2D eigenvalue weighted by Crippen LogP contribution is 2.20. The molecule has 0 radical (unpaired) electrons. The van der Waals surface area contributed by atoms with Gasteiger partial charge in [0.15, 0.2) is 0 Å². The molecule has 1 aromatic carbocycles. The lowest BCUT2D eigenvalue weighted by molar-refractivity contribution is -0.143. The van der Waals surface area contributed by atoms with E-state index in [1.165, 1.54) is 18.2 Å². The number of carboxylic acids is 1. The predicted octanol–water partition coefficient (Wildman–Crippen LogP) is 1.13. The molecule has 1 heterocycles. The average molecular weight is 270 g/mol. The zero-order valence-corrected chi connectivity index (χ0v) is 10.4. The Hall–Kier alpha value is -2.94. The van der Waals surface area contributed by atoms with Crippen molar-refractivity contribution in [2.45, 2.75) is 12.8 Å². The summed E-state index contributed by atoms with van der Waals surface area (Å²) in [5.41, 5.74) is 0.559. The minimum absolute atomic E-state index is 0.0246. The Morgan fingerprint density at radius 2 is 1.75 bits per heavy atom. The zero-order valence-electron chi connectivity index (χ0n) is 10.4. The molecule has 1 aromatic rings. The summed E-state index contributed by atoms with van der Waals surface area (Å²) in [5.74, 6) is -2.38. The van der Waals surface area contributed by atoms with E-state index in [1.54, 1.807) is 12.1 Å². The second-order valence-electron chi connectivity index (χ2n) is 4.19. The van der Waals surface area contributed by atoms with Crippen molar-refractivity contribution in [3.8, 4) is 6.07 Å². The van der Waals surface area contributed by atoms with Gasteiger partial charge in [0.25, 0.3) is 0 Å². The van der Waals surface area contributed by atoms with Crippen LogP contribution in [0.15, 0.2) is 30.0 Å². The first-order chi connectivity index (χ1) is 9.52. The summed E-state index contributed by atoms with van der Waals surface area (Å²) in [5, 5.41) is 17.8. The Balaban J connectivity index is 2.40. The summed E-state index contributed by atoms with van der Waals surface area (Å²) < 4.78 is 0. The molecule has 2 amide bonds. The van der Waals surface area contributed by atoms with E-state index in [9.17, 15) is 14.4 Å². The predicted molar refractivity (Wildman–Crippen MR) is 67.9 cm³/mol. The van der Waals surface area contributed by atoms with Crippen LogP contribution in [-0.4, -0.2) is 27.8 Å². The van der Waals surface area contributed by atoms with Crippen molar-refractivity contribution in [1.29, 1.82) is 5.26 Å². The number of imide groups is 1. The smallest absolute Gasteiger partial charge is 0.353 e. The van der Waals surface area contributed by atoms with Crippen LogP contribution in [0.5, 0.6) is 0 Å². The molecule has 0 atom stereocenters. The largest absolute Gasteiger partial charge is 0.477 e. The number of benzene rings is 1. The highest BCUT2D eigenvalue weighted by Gasteiger charge is 2.34. The molecule has 2 rings (SSSR count). The summed E-state index contributed by atoms with van der Waals surface area (Å²) in [7, 11) is 0. The fraction of sp³-hybridized carbons (Fsp3) is 0.143. The molecule has 1 saturated heterocycles. The number of nitriles is 1. The van der Waals surface area contributed by atoms with Crippen LogP contribution in [0.2, 0.25) is 0 Å². The molecule has 0 aromatic heterocycles. The van der Waals surface area contributed by atoms with Crippen LogP contribution in [-0.2, 0) is 14.4 Å².